The van der Waals surface area contributed by atoms with E-state index in [0.717, 1.165) is 36.2 Å². The lowest BCUT2D eigenvalue weighted by atomic mass is 10.0. The number of nitriles is 1. The number of hydrogen-bond acceptors (Lipinski definition) is 5. The molecule has 1 heterocycles. The van der Waals surface area contributed by atoms with Crippen LogP contribution in [0.15, 0.2) is 54.6 Å². The maximum absolute atomic E-state index is 11.0. The fourth-order valence-electron chi connectivity index (χ4n) is 4.43. The van der Waals surface area contributed by atoms with Crippen LogP contribution in [0.25, 0.3) is 0 Å². The minimum atomic E-state index is -1.09. The number of carboxylic acid groups (broad SMARTS) is 1. The fourth-order valence-corrected chi connectivity index (χ4v) is 4.43. The Hall–Kier alpha value is -2.88. The van der Waals surface area contributed by atoms with Crippen LogP contribution in [0.4, 0.5) is 0 Å². The van der Waals surface area contributed by atoms with E-state index in [4.69, 9.17) is 15.1 Å². The van der Waals surface area contributed by atoms with Crippen molar-refractivity contribution < 1.29 is 14.6 Å². The first-order chi connectivity index (χ1) is 14.6. The SMILES string of the molecule is N#CC(Cc1ccc(OCCNC2C3CN(Cc4ccccc4)CC32)cc1)C(=O)O. The predicted molar refractivity (Wildman–Crippen MR) is 113 cm³/mol. The Kier molecular flexibility index (Phi) is 6.32. The van der Waals surface area contributed by atoms with Crippen LogP contribution in [0.5, 0.6) is 5.75 Å². The van der Waals surface area contributed by atoms with Gasteiger partial charge in [-0.05, 0) is 41.5 Å². The summed E-state index contributed by atoms with van der Waals surface area (Å²) in [5.41, 5.74) is 2.20. The molecule has 3 unspecified atom stereocenters. The highest BCUT2D eigenvalue weighted by molar-refractivity contribution is 5.73. The first kappa shape index (κ1) is 20.4. The molecule has 2 N–H and O–H groups in total. The lowest BCUT2D eigenvalue weighted by Gasteiger charge is -2.20. The van der Waals surface area contributed by atoms with Crippen molar-refractivity contribution in [2.24, 2.45) is 17.8 Å². The minimum Gasteiger partial charge on any atom is -0.492 e. The molecule has 2 fully saturated rings. The Labute approximate surface area is 177 Å². The molecular formula is C24H27N3O3. The highest BCUT2D eigenvalue weighted by Gasteiger charge is 2.55. The van der Waals surface area contributed by atoms with Gasteiger partial charge in [0.05, 0.1) is 6.07 Å². The summed E-state index contributed by atoms with van der Waals surface area (Å²) in [6, 6.07) is 20.4. The van der Waals surface area contributed by atoms with Crippen LogP contribution in [0.2, 0.25) is 0 Å². The van der Waals surface area contributed by atoms with Crippen molar-refractivity contribution >= 4 is 5.97 Å². The first-order valence-electron chi connectivity index (χ1n) is 10.5. The molecule has 0 bridgehead atoms. The van der Waals surface area contributed by atoms with Crippen LogP contribution in [-0.2, 0) is 17.8 Å². The number of hydrogen-bond donors (Lipinski definition) is 2. The molecule has 1 saturated heterocycles. The molecule has 2 aromatic carbocycles. The highest BCUT2D eigenvalue weighted by atomic mass is 16.5. The summed E-state index contributed by atoms with van der Waals surface area (Å²) >= 11 is 0. The number of ether oxygens (including phenoxy) is 1. The Bertz CT molecular complexity index is 882. The van der Waals surface area contributed by atoms with Crippen LogP contribution < -0.4 is 10.1 Å². The zero-order valence-electron chi connectivity index (χ0n) is 16.9. The van der Waals surface area contributed by atoms with Gasteiger partial charge in [0, 0.05) is 32.2 Å². The molecule has 3 atom stereocenters. The molecule has 0 aromatic heterocycles. The van der Waals surface area contributed by atoms with E-state index >= 15 is 0 Å². The van der Waals surface area contributed by atoms with Gasteiger partial charge in [-0.15, -0.1) is 0 Å². The molecule has 156 valence electrons. The quantitative estimate of drug-likeness (QED) is 0.591. The van der Waals surface area contributed by atoms with Gasteiger partial charge in [-0.2, -0.15) is 5.26 Å². The monoisotopic (exact) mass is 405 g/mol. The number of likely N-dealkylation sites (tertiary alicyclic amines) is 1. The second-order valence-electron chi connectivity index (χ2n) is 8.20. The van der Waals surface area contributed by atoms with E-state index in [2.05, 4.69) is 40.5 Å². The molecule has 1 aliphatic heterocycles. The standard InChI is InChI=1S/C24H27N3O3/c25-13-19(24(28)29)12-17-6-8-20(9-7-17)30-11-10-26-23-21-15-27(16-22(21)23)14-18-4-2-1-3-5-18/h1-9,19,21-23,26H,10-12,14-16H2,(H,28,29). The molecule has 1 aliphatic carbocycles. The molecule has 6 heteroatoms. The number of benzene rings is 2. The lowest BCUT2D eigenvalue weighted by molar-refractivity contribution is -0.139. The Balaban J connectivity index is 1.12. The Morgan fingerprint density at radius 3 is 2.47 bits per heavy atom. The molecule has 0 spiro atoms. The maximum atomic E-state index is 11.0. The van der Waals surface area contributed by atoms with Crippen LogP contribution >= 0.6 is 0 Å². The van der Waals surface area contributed by atoms with Crippen molar-refractivity contribution in [2.75, 3.05) is 26.2 Å². The number of aliphatic carboxylic acids is 1. The third kappa shape index (κ3) is 4.99. The maximum Gasteiger partial charge on any atom is 0.321 e. The average molecular weight is 405 g/mol. The van der Waals surface area contributed by atoms with E-state index in [1.165, 1.54) is 18.7 Å². The van der Waals surface area contributed by atoms with Crippen molar-refractivity contribution in [3.8, 4) is 11.8 Å². The molecule has 4 rings (SSSR count). The van der Waals surface area contributed by atoms with E-state index in [0.29, 0.717) is 12.6 Å². The van der Waals surface area contributed by atoms with Crippen LogP contribution in [0.3, 0.4) is 0 Å². The smallest absolute Gasteiger partial charge is 0.321 e. The normalized spacial score (nSPS) is 23.4. The topological polar surface area (TPSA) is 85.6 Å². The van der Waals surface area contributed by atoms with E-state index in [9.17, 15) is 4.79 Å². The summed E-state index contributed by atoms with van der Waals surface area (Å²) in [7, 11) is 0. The molecular weight excluding hydrogens is 378 g/mol. The first-order valence-corrected chi connectivity index (χ1v) is 10.5. The van der Waals surface area contributed by atoms with E-state index in [-0.39, 0.29) is 6.42 Å². The third-order valence-electron chi connectivity index (χ3n) is 6.09. The van der Waals surface area contributed by atoms with Gasteiger partial charge in [-0.3, -0.25) is 9.69 Å². The molecule has 6 nitrogen and oxygen atoms in total. The highest BCUT2D eigenvalue weighted by Crippen LogP contribution is 2.45. The summed E-state index contributed by atoms with van der Waals surface area (Å²) in [6.45, 7) is 4.78. The van der Waals surface area contributed by atoms with Gasteiger partial charge < -0.3 is 15.2 Å². The van der Waals surface area contributed by atoms with Gasteiger partial charge in [0.1, 0.15) is 18.3 Å². The summed E-state index contributed by atoms with van der Waals surface area (Å²) in [5.74, 6) is 0.180. The van der Waals surface area contributed by atoms with Crippen molar-refractivity contribution in [1.29, 1.82) is 5.26 Å². The number of nitrogens with one attached hydrogen (secondary N) is 1. The number of carbonyl (C=O) groups is 1. The largest absolute Gasteiger partial charge is 0.492 e. The van der Waals surface area contributed by atoms with Gasteiger partial charge in [0.15, 0.2) is 0 Å². The third-order valence-corrected chi connectivity index (χ3v) is 6.09. The second kappa shape index (κ2) is 9.29. The van der Waals surface area contributed by atoms with Crippen molar-refractivity contribution in [3.63, 3.8) is 0 Å². The van der Waals surface area contributed by atoms with Gasteiger partial charge in [0.25, 0.3) is 0 Å². The second-order valence-corrected chi connectivity index (χ2v) is 8.20. The molecule has 30 heavy (non-hydrogen) atoms. The van der Waals surface area contributed by atoms with Gasteiger partial charge in [0.2, 0.25) is 0 Å². The summed E-state index contributed by atoms with van der Waals surface area (Å²) in [4.78, 5) is 13.5. The van der Waals surface area contributed by atoms with E-state index < -0.39 is 11.9 Å². The molecule has 2 aromatic rings. The molecule has 1 saturated carbocycles. The summed E-state index contributed by atoms with van der Waals surface area (Å²) in [5, 5.41) is 21.5. The Morgan fingerprint density at radius 2 is 1.83 bits per heavy atom. The van der Waals surface area contributed by atoms with Crippen LogP contribution in [0.1, 0.15) is 11.1 Å². The van der Waals surface area contributed by atoms with Crippen molar-refractivity contribution in [1.82, 2.24) is 10.2 Å². The van der Waals surface area contributed by atoms with Crippen molar-refractivity contribution in [2.45, 2.75) is 19.0 Å². The number of nitrogens with zero attached hydrogens (tertiary/aromatic N) is 2. The predicted octanol–water partition coefficient (Wildman–Crippen LogP) is 2.55. The lowest BCUT2D eigenvalue weighted by Crippen LogP contribution is -2.33. The Morgan fingerprint density at radius 1 is 1.13 bits per heavy atom. The summed E-state index contributed by atoms with van der Waals surface area (Å²) < 4.78 is 5.79. The molecule has 0 amide bonds. The zero-order valence-corrected chi connectivity index (χ0v) is 16.9. The van der Waals surface area contributed by atoms with Crippen LogP contribution in [-0.4, -0.2) is 48.3 Å². The van der Waals surface area contributed by atoms with E-state index in [1.54, 1.807) is 0 Å². The van der Waals surface area contributed by atoms with Gasteiger partial charge in [-0.1, -0.05) is 42.5 Å². The van der Waals surface area contributed by atoms with Crippen LogP contribution in [0, 0.1) is 29.1 Å². The minimum absolute atomic E-state index is 0.208. The number of fused-ring (bicyclic) bond motifs is 1. The zero-order chi connectivity index (χ0) is 20.9. The average Bonchev–Trinajstić information content (AvgIpc) is 3.21. The number of rotatable bonds is 10. The fraction of sp³-hybridized carbons (Fsp3) is 0.417. The number of piperidine rings is 1. The van der Waals surface area contributed by atoms with E-state index in [1.807, 2.05) is 30.3 Å². The van der Waals surface area contributed by atoms with Gasteiger partial charge in [-0.25, -0.2) is 0 Å². The molecule has 0 radical (unpaired) electrons. The van der Waals surface area contributed by atoms with Crippen molar-refractivity contribution in [3.05, 3.63) is 65.7 Å². The summed E-state index contributed by atoms with van der Waals surface area (Å²) in [6.07, 6.45) is 0.208. The van der Waals surface area contributed by atoms with Gasteiger partial charge >= 0.3 is 5.97 Å². The number of carboxylic acids is 1. The molecule has 2 aliphatic rings.